The zero-order valence-electron chi connectivity index (χ0n) is 84.7. The van der Waals surface area contributed by atoms with E-state index in [0.29, 0.717) is 22.8 Å². The summed E-state index contributed by atoms with van der Waals surface area (Å²) < 4.78 is 5.43. The first-order valence-electron chi connectivity index (χ1n) is 53.1. The lowest BCUT2D eigenvalue weighted by atomic mass is 10.0. The molecule has 8 aromatic heterocycles. The maximum Gasteiger partial charge on any atom is 0.276 e. The molecule has 0 aliphatic carbocycles. The lowest BCUT2D eigenvalue weighted by Crippen LogP contribution is -2.43. The molecule has 0 radical (unpaired) electrons. The van der Waals surface area contributed by atoms with Crippen LogP contribution in [0.2, 0.25) is 0 Å². The molecule has 0 saturated carbocycles. The van der Waals surface area contributed by atoms with Crippen molar-refractivity contribution in [1.29, 1.82) is 0 Å². The number of pyridine rings is 4. The summed E-state index contributed by atoms with van der Waals surface area (Å²) in [6.45, 7) is 29.3. The van der Waals surface area contributed by atoms with Gasteiger partial charge in [-0.25, -0.2) is 0 Å². The zero-order chi connectivity index (χ0) is 100. The highest BCUT2D eigenvalue weighted by Gasteiger charge is 2.27. The zero-order valence-corrected chi connectivity index (χ0v) is 84.7. The second kappa shape index (κ2) is 48.1. The maximum absolute atomic E-state index is 13.2. The first-order chi connectivity index (χ1) is 72.7. The summed E-state index contributed by atoms with van der Waals surface area (Å²) in [5, 5.41) is 44.6. The van der Waals surface area contributed by atoms with Crippen molar-refractivity contribution in [3.63, 3.8) is 0 Å². The standard InChI is InChI=1S/C30H35N7O.C30H34N6O.C29H32N6O2.C29H32N6O/c1-35-12-14-37(15-13-35)20-22-4-7-26(8-5-22)32-30(38)29-27-17-24(6-9-28(27)33-34-29)25-16-23(18-31-19-25)21-36-10-2-3-11-36;37-30(32-26-9-6-22(7-10-26)20-35-12-2-1-3-13-35)29-27-17-24(8-11-28(27)33-34-29)25-16-23(18-31-19-25)21-36-14-4-5-15-36;36-29(31-25-6-3-21(4-7-25)19-35-11-13-37-14-12-35)28-26-16-23(5-8-27(26)32-33-28)24-15-22(17-30-18-24)20-34-9-1-2-10-34;36-29(31-25-8-5-21(6-9-25)19-34-11-1-2-12-34)28-26-16-23(7-10-27(26)32-33-28)24-15-22(17-30-18-24)20-35-13-3-4-14-35/h4-9,16-19H,2-3,10-15,20-21H2,1H3,(H,32,38)(H,33,34);6-11,16-19H,1-5,12-15,20-21H2,(H,32,37)(H,33,34);3-8,15-18H,1-2,9-14,19-20H2,(H,31,36)(H,32,33);5-10,15-18H,1-4,11-14,19-20H2,(H,31,36)(H,32,33). The Labute approximate surface area is 864 Å². The Balaban J connectivity index is 0.000000116. The minimum Gasteiger partial charge on any atom is -0.379 e. The number of carbonyl (C=O) groups is 4. The lowest BCUT2D eigenvalue weighted by molar-refractivity contribution is 0.0342. The fourth-order valence-corrected chi connectivity index (χ4v) is 21.6. The van der Waals surface area contributed by atoms with Gasteiger partial charge in [0.2, 0.25) is 0 Å². The third-order valence-corrected chi connectivity index (χ3v) is 29.9. The number of fused-ring (bicyclic) bond motifs is 4. The van der Waals surface area contributed by atoms with Gasteiger partial charge in [0.05, 0.1) is 35.3 Å². The topological polar surface area (TPSA) is 321 Å². The van der Waals surface area contributed by atoms with Crippen LogP contribution < -0.4 is 21.3 Å². The molecular formula is C118H133N25O5. The van der Waals surface area contributed by atoms with Gasteiger partial charge in [0.1, 0.15) is 0 Å². The van der Waals surface area contributed by atoms with Crippen molar-refractivity contribution in [1.82, 2.24) is 105 Å². The van der Waals surface area contributed by atoms with Crippen LogP contribution >= 0.6 is 0 Å². The Hall–Kier alpha value is -14.3. The first kappa shape index (κ1) is 99.7. The summed E-state index contributed by atoms with van der Waals surface area (Å²) in [4.78, 5) is 92.7. The molecule has 0 spiro atoms. The number of hydrogen-bond acceptors (Lipinski definition) is 22. The monoisotopic (exact) mass is 1980 g/mol. The number of aromatic nitrogens is 12. The molecule has 8 aromatic carbocycles. The highest BCUT2D eigenvalue weighted by Crippen LogP contribution is 2.35. The molecule has 8 aliphatic heterocycles. The van der Waals surface area contributed by atoms with Gasteiger partial charge in [0, 0.05) is 208 Å². The summed E-state index contributed by atoms with van der Waals surface area (Å²) in [7, 11) is 2.17. The number of piperazine rings is 1. The fraction of sp³-hybridized carbons (Fsp3) is 0.356. The van der Waals surface area contributed by atoms with Gasteiger partial charge in [-0.15, -0.1) is 0 Å². The van der Waals surface area contributed by atoms with E-state index in [1.165, 1.54) is 154 Å². The van der Waals surface area contributed by atoms with Gasteiger partial charge < -0.3 is 30.9 Å². The third-order valence-electron chi connectivity index (χ3n) is 29.9. The summed E-state index contributed by atoms with van der Waals surface area (Å²) >= 11 is 0. The van der Waals surface area contributed by atoms with Gasteiger partial charge in [0.25, 0.3) is 23.6 Å². The van der Waals surface area contributed by atoms with E-state index in [4.69, 9.17) is 4.74 Å². The molecule has 148 heavy (non-hydrogen) atoms. The molecule has 0 unspecified atom stereocenters. The van der Waals surface area contributed by atoms with Crippen LogP contribution in [-0.2, 0) is 57.1 Å². The van der Waals surface area contributed by atoms with Crippen molar-refractivity contribution in [2.24, 2.45) is 0 Å². The van der Waals surface area contributed by atoms with E-state index < -0.39 is 0 Å². The average molecular weight is 1980 g/mol. The number of piperidine rings is 1. The molecule has 16 aromatic rings. The van der Waals surface area contributed by atoms with Gasteiger partial charge in [-0.1, -0.05) is 79.2 Å². The second-order valence-electron chi connectivity index (χ2n) is 41.0. The lowest BCUT2D eigenvalue weighted by Gasteiger charge is -2.32. The number of likely N-dealkylation sites (tertiary alicyclic amines) is 6. The molecule has 8 saturated heterocycles. The van der Waals surface area contributed by atoms with E-state index in [2.05, 4.69) is 224 Å². The smallest absolute Gasteiger partial charge is 0.276 e. The van der Waals surface area contributed by atoms with Crippen molar-refractivity contribution in [2.45, 2.75) is 136 Å². The quantitative estimate of drug-likeness (QED) is 0.0226. The predicted octanol–water partition coefficient (Wildman–Crippen LogP) is 19.1. The number of aromatic amines is 4. The number of likely N-dealkylation sites (N-methyl/N-ethyl adjacent to an activating group) is 1. The minimum absolute atomic E-state index is 0.215. The van der Waals surface area contributed by atoms with Crippen molar-refractivity contribution in [3.05, 3.63) is 311 Å². The number of rotatable bonds is 28. The van der Waals surface area contributed by atoms with Crippen LogP contribution in [0.1, 0.15) is 170 Å². The van der Waals surface area contributed by atoms with Crippen LogP contribution in [0.4, 0.5) is 22.7 Å². The summed E-state index contributed by atoms with van der Waals surface area (Å²) in [6.07, 6.45) is 32.0. The normalized spacial score (nSPS) is 16.9. The van der Waals surface area contributed by atoms with E-state index in [1.54, 1.807) is 0 Å². The molecule has 8 aliphatic rings. The molecule has 8 N–H and O–H groups in total. The van der Waals surface area contributed by atoms with Crippen LogP contribution in [0.25, 0.3) is 88.1 Å². The van der Waals surface area contributed by atoms with Gasteiger partial charge in [0.15, 0.2) is 22.8 Å². The molecule has 30 heteroatoms. The van der Waals surface area contributed by atoms with Crippen LogP contribution in [0.15, 0.2) is 244 Å². The molecule has 760 valence electrons. The highest BCUT2D eigenvalue weighted by molar-refractivity contribution is 6.15. The van der Waals surface area contributed by atoms with Crippen molar-refractivity contribution in [2.75, 3.05) is 159 Å². The van der Waals surface area contributed by atoms with E-state index in [0.717, 1.165) is 268 Å². The number of ether oxygens (including phenoxy) is 1. The Morgan fingerprint density at radius 1 is 0.236 bits per heavy atom. The number of hydrogen-bond donors (Lipinski definition) is 8. The van der Waals surface area contributed by atoms with Crippen molar-refractivity contribution < 1.29 is 23.9 Å². The number of benzene rings is 8. The molecule has 4 amide bonds. The van der Waals surface area contributed by atoms with E-state index in [1.807, 2.05) is 153 Å². The van der Waals surface area contributed by atoms with Crippen LogP contribution in [0.3, 0.4) is 0 Å². The number of anilines is 4. The Morgan fingerprint density at radius 3 is 0.696 bits per heavy atom. The fourth-order valence-electron chi connectivity index (χ4n) is 21.6. The van der Waals surface area contributed by atoms with Gasteiger partial charge in [-0.2, -0.15) is 20.4 Å². The van der Waals surface area contributed by atoms with Crippen molar-refractivity contribution >= 4 is 90.0 Å². The summed E-state index contributed by atoms with van der Waals surface area (Å²) in [5.41, 5.74) is 26.1. The van der Waals surface area contributed by atoms with Crippen LogP contribution in [-0.4, -0.2) is 267 Å². The number of carbonyl (C=O) groups excluding carboxylic acids is 4. The highest BCUT2D eigenvalue weighted by atomic mass is 16.5. The Morgan fingerprint density at radius 2 is 0.453 bits per heavy atom. The van der Waals surface area contributed by atoms with Gasteiger partial charge in [-0.05, 0) is 351 Å². The molecule has 0 bridgehead atoms. The van der Waals surface area contributed by atoms with Crippen molar-refractivity contribution in [3.8, 4) is 44.5 Å². The average Bonchev–Trinajstić information content (AvgIpc) is 1.64. The Bertz CT molecular complexity index is 6980. The van der Waals surface area contributed by atoms with Gasteiger partial charge >= 0.3 is 0 Å². The molecular weight excluding hydrogens is 1850 g/mol. The predicted molar refractivity (Wildman–Crippen MR) is 585 cm³/mol. The molecule has 0 atom stereocenters. The number of nitrogens with one attached hydrogen (secondary N) is 8. The summed E-state index contributed by atoms with van der Waals surface area (Å²) in [5.74, 6) is -0.883. The maximum atomic E-state index is 13.2. The number of amides is 4. The van der Waals surface area contributed by atoms with E-state index in [9.17, 15) is 19.2 Å². The SMILES string of the molecule is CN1CCN(Cc2ccc(NC(=O)c3n[nH]c4ccc(-c5cncc(CN6CCCC6)c5)cc34)cc2)CC1.O=C(Nc1ccc(CN2CCCC2)cc1)c1n[nH]c2ccc(-c3cncc(CN4CCCC4)c3)cc12.O=C(Nc1ccc(CN2CCCCC2)cc1)c1n[nH]c2ccc(-c3cncc(CN4CCCC4)c3)cc12.O=C(Nc1ccc(CN2CCOCC2)cc1)c1n[nH]c2ccc(-c3cncc(CN4CCCC4)c3)cc12. The molecule has 16 heterocycles. The second-order valence-corrected chi connectivity index (χ2v) is 41.0. The number of nitrogens with zero attached hydrogens (tertiary/aromatic N) is 17. The first-order valence-corrected chi connectivity index (χ1v) is 53.1. The van der Waals surface area contributed by atoms with E-state index in [-0.39, 0.29) is 23.6 Å². The van der Waals surface area contributed by atoms with E-state index >= 15 is 0 Å². The minimum atomic E-state index is -0.231. The largest absolute Gasteiger partial charge is 0.379 e. The number of morpholine rings is 1. The molecule has 30 nitrogen and oxygen atoms in total. The Kier molecular flexibility index (Phi) is 32.4. The molecule has 8 fully saturated rings. The summed E-state index contributed by atoms with van der Waals surface area (Å²) in [6, 6.07) is 65.5. The van der Waals surface area contributed by atoms with Crippen LogP contribution in [0.5, 0.6) is 0 Å². The molecule has 24 rings (SSSR count). The van der Waals surface area contributed by atoms with Gasteiger partial charge in [-0.3, -0.25) is 98.7 Å². The number of H-pyrrole nitrogens is 4. The van der Waals surface area contributed by atoms with Crippen LogP contribution in [0, 0.1) is 0 Å². The third kappa shape index (κ3) is 25.9.